The van der Waals surface area contributed by atoms with E-state index in [9.17, 15) is 4.79 Å². The predicted octanol–water partition coefficient (Wildman–Crippen LogP) is 4.13. The van der Waals surface area contributed by atoms with Crippen molar-refractivity contribution in [3.05, 3.63) is 39.3 Å². The highest BCUT2D eigenvalue weighted by Gasteiger charge is 2.12. The highest BCUT2D eigenvalue weighted by molar-refractivity contribution is 7.15. The summed E-state index contributed by atoms with van der Waals surface area (Å²) in [7, 11) is 0. The lowest BCUT2D eigenvalue weighted by atomic mass is 10.2. The number of hydrogen-bond donors (Lipinski definition) is 1. The molecule has 0 radical (unpaired) electrons. The average Bonchev–Trinajstić information content (AvgIpc) is 2.75. The smallest absolute Gasteiger partial charge is 0.303 e. The zero-order valence-electron chi connectivity index (χ0n) is 9.19. The molecule has 0 aliphatic rings. The van der Waals surface area contributed by atoms with Gasteiger partial charge in [0.1, 0.15) is 5.01 Å². The minimum atomic E-state index is -0.819. The summed E-state index contributed by atoms with van der Waals surface area (Å²) in [6.07, 6.45) is 2.23. The Morgan fingerprint density at radius 3 is 2.61 bits per heavy atom. The Labute approximate surface area is 118 Å². The summed E-state index contributed by atoms with van der Waals surface area (Å²) in [5, 5.41) is 10.4. The van der Waals surface area contributed by atoms with E-state index in [0.29, 0.717) is 27.0 Å². The van der Waals surface area contributed by atoms with Crippen molar-refractivity contribution in [2.75, 3.05) is 0 Å². The summed E-state index contributed by atoms with van der Waals surface area (Å²) in [5.74, 6) is -0.819. The van der Waals surface area contributed by atoms with Crippen LogP contribution < -0.4 is 0 Å². The van der Waals surface area contributed by atoms with Gasteiger partial charge >= 0.3 is 5.97 Å². The minimum absolute atomic E-state index is 0.0951. The van der Waals surface area contributed by atoms with Crippen LogP contribution in [0.25, 0.3) is 10.6 Å². The molecule has 0 unspecified atom stereocenters. The summed E-state index contributed by atoms with van der Waals surface area (Å²) in [6.45, 7) is 0. The fraction of sp³-hybridized carbons (Fsp3) is 0.167. The third kappa shape index (κ3) is 3.02. The molecule has 0 spiro atoms. The quantitative estimate of drug-likeness (QED) is 0.923. The maximum Gasteiger partial charge on any atom is 0.303 e. The van der Waals surface area contributed by atoms with E-state index < -0.39 is 5.97 Å². The number of thiazole rings is 1. The third-order valence-electron chi connectivity index (χ3n) is 2.32. The largest absolute Gasteiger partial charge is 0.481 e. The lowest BCUT2D eigenvalue weighted by Crippen LogP contribution is -1.95. The van der Waals surface area contributed by atoms with E-state index in [1.807, 2.05) is 0 Å². The van der Waals surface area contributed by atoms with Crippen LogP contribution in [-0.2, 0) is 11.2 Å². The second kappa shape index (κ2) is 5.69. The van der Waals surface area contributed by atoms with Gasteiger partial charge in [-0.15, -0.1) is 11.3 Å². The Balaban J connectivity index is 2.27. The van der Waals surface area contributed by atoms with Gasteiger partial charge in [0.2, 0.25) is 0 Å². The molecule has 0 amide bonds. The van der Waals surface area contributed by atoms with Crippen LogP contribution in [0.5, 0.6) is 0 Å². The zero-order valence-corrected chi connectivity index (χ0v) is 11.5. The van der Waals surface area contributed by atoms with Gasteiger partial charge in [-0.1, -0.05) is 29.3 Å². The van der Waals surface area contributed by atoms with Gasteiger partial charge in [-0.25, -0.2) is 4.98 Å². The number of nitrogens with zero attached hydrogens (tertiary/aromatic N) is 1. The first-order valence-electron chi connectivity index (χ1n) is 5.19. The Kier molecular flexibility index (Phi) is 4.22. The summed E-state index contributed by atoms with van der Waals surface area (Å²) < 4.78 is 0. The van der Waals surface area contributed by atoms with Gasteiger partial charge in [0.25, 0.3) is 0 Å². The van der Waals surface area contributed by atoms with Crippen LogP contribution in [0.4, 0.5) is 0 Å². The molecule has 18 heavy (non-hydrogen) atoms. The molecule has 2 rings (SSSR count). The Hall–Kier alpha value is -1.10. The van der Waals surface area contributed by atoms with E-state index in [-0.39, 0.29) is 6.42 Å². The first-order chi connectivity index (χ1) is 8.58. The van der Waals surface area contributed by atoms with Crippen molar-refractivity contribution >= 4 is 40.5 Å². The van der Waals surface area contributed by atoms with Crippen LogP contribution in [-0.4, -0.2) is 16.1 Å². The number of halogens is 2. The number of carboxylic acid groups (broad SMARTS) is 1. The number of aliphatic carboxylic acids is 1. The molecular weight excluding hydrogens is 293 g/mol. The van der Waals surface area contributed by atoms with E-state index in [0.717, 1.165) is 4.88 Å². The summed E-state index contributed by atoms with van der Waals surface area (Å²) in [6, 6.07) is 5.27. The topological polar surface area (TPSA) is 50.2 Å². The number of aryl methyl sites for hydroxylation is 1. The molecule has 1 aromatic carbocycles. The molecule has 0 aliphatic heterocycles. The molecular formula is C12H9Cl2NO2S. The fourth-order valence-corrected chi connectivity index (χ4v) is 3.14. The van der Waals surface area contributed by atoms with Crippen molar-refractivity contribution in [2.45, 2.75) is 12.8 Å². The summed E-state index contributed by atoms with van der Waals surface area (Å²) in [5.41, 5.74) is 0.701. The molecule has 0 bridgehead atoms. The van der Waals surface area contributed by atoms with Crippen molar-refractivity contribution in [3.8, 4) is 10.6 Å². The standard InChI is InChI=1S/C12H9Cl2NO2S/c13-8-2-1-3-9(14)11(8)12-15-6-7(18-12)4-5-10(16)17/h1-3,6H,4-5H2,(H,16,17). The van der Waals surface area contributed by atoms with Gasteiger partial charge in [0.05, 0.1) is 16.5 Å². The van der Waals surface area contributed by atoms with Crippen LogP contribution in [0, 0.1) is 0 Å². The molecule has 1 heterocycles. The lowest BCUT2D eigenvalue weighted by Gasteiger charge is -2.02. The summed E-state index contributed by atoms with van der Waals surface area (Å²) in [4.78, 5) is 15.6. The van der Waals surface area contributed by atoms with Crippen LogP contribution in [0.3, 0.4) is 0 Å². The maximum absolute atomic E-state index is 10.5. The predicted molar refractivity (Wildman–Crippen MR) is 73.5 cm³/mol. The number of benzene rings is 1. The van der Waals surface area contributed by atoms with Gasteiger partial charge in [0, 0.05) is 16.6 Å². The minimum Gasteiger partial charge on any atom is -0.481 e. The number of hydrogen-bond acceptors (Lipinski definition) is 3. The monoisotopic (exact) mass is 301 g/mol. The average molecular weight is 302 g/mol. The first kappa shape index (κ1) is 13.3. The van der Waals surface area contributed by atoms with Crippen LogP contribution >= 0.6 is 34.5 Å². The molecule has 2 aromatic rings. The highest BCUT2D eigenvalue weighted by Crippen LogP contribution is 2.36. The Bertz CT molecular complexity index is 563. The second-order valence-electron chi connectivity index (χ2n) is 3.62. The highest BCUT2D eigenvalue weighted by atomic mass is 35.5. The van der Waals surface area contributed by atoms with Gasteiger partial charge < -0.3 is 5.11 Å². The van der Waals surface area contributed by atoms with Crippen LogP contribution in [0.15, 0.2) is 24.4 Å². The van der Waals surface area contributed by atoms with Gasteiger partial charge in [-0.2, -0.15) is 0 Å². The number of carbonyl (C=O) groups is 1. The second-order valence-corrected chi connectivity index (χ2v) is 5.55. The van der Waals surface area contributed by atoms with E-state index in [4.69, 9.17) is 28.3 Å². The summed E-state index contributed by atoms with van der Waals surface area (Å²) >= 11 is 13.6. The molecule has 0 saturated carbocycles. The molecule has 1 aromatic heterocycles. The van der Waals surface area contributed by atoms with Crippen molar-refractivity contribution in [3.63, 3.8) is 0 Å². The number of aromatic nitrogens is 1. The van der Waals surface area contributed by atoms with Crippen molar-refractivity contribution in [1.29, 1.82) is 0 Å². The molecule has 3 nitrogen and oxygen atoms in total. The lowest BCUT2D eigenvalue weighted by molar-refractivity contribution is -0.136. The molecule has 6 heteroatoms. The van der Waals surface area contributed by atoms with E-state index >= 15 is 0 Å². The van der Waals surface area contributed by atoms with E-state index in [1.54, 1.807) is 24.4 Å². The molecule has 0 saturated heterocycles. The van der Waals surface area contributed by atoms with Crippen molar-refractivity contribution in [2.24, 2.45) is 0 Å². The zero-order chi connectivity index (χ0) is 13.1. The number of carboxylic acids is 1. The van der Waals surface area contributed by atoms with Crippen molar-refractivity contribution in [1.82, 2.24) is 4.98 Å². The van der Waals surface area contributed by atoms with E-state index in [2.05, 4.69) is 4.98 Å². The fourth-order valence-electron chi connectivity index (χ4n) is 1.47. The number of rotatable bonds is 4. The maximum atomic E-state index is 10.5. The SMILES string of the molecule is O=C(O)CCc1cnc(-c2c(Cl)cccc2Cl)s1. The normalized spacial score (nSPS) is 10.6. The molecule has 1 N–H and O–H groups in total. The van der Waals surface area contributed by atoms with Gasteiger partial charge in [-0.3, -0.25) is 4.79 Å². The molecule has 94 valence electrons. The van der Waals surface area contributed by atoms with Crippen molar-refractivity contribution < 1.29 is 9.90 Å². The third-order valence-corrected chi connectivity index (χ3v) is 4.02. The van der Waals surface area contributed by atoms with Crippen LogP contribution in [0.2, 0.25) is 10.0 Å². The van der Waals surface area contributed by atoms with Gasteiger partial charge in [-0.05, 0) is 18.6 Å². The molecule has 0 fully saturated rings. The Morgan fingerprint density at radius 2 is 2.00 bits per heavy atom. The van der Waals surface area contributed by atoms with Crippen LogP contribution in [0.1, 0.15) is 11.3 Å². The first-order valence-corrected chi connectivity index (χ1v) is 6.76. The Morgan fingerprint density at radius 1 is 1.33 bits per heavy atom. The van der Waals surface area contributed by atoms with E-state index in [1.165, 1.54) is 11.3 Å². The molecule has 0 aliphatic carbocycles. The van der Waals surface area contributed by atoms with Gasteiger partial charge in [0.15, 0.2) is 0 Å². The molecule has 0 atom stereocenters.